The van der Waals surface area contributed by atoms with Gasteiger partial charge in [0, 0.05) is 35.4 Å². The highest BCUT2D eigenvalue weighted by atomic mass is 32.2. The first-order valence-corrected chi connectivity index (χ1v) is 14.6. The molecule has 2 atom stereocenters. The fourth-order valence-electron chi connectivity index (χ4n) is 4.83. The summed E-state index contributed by atoms with van der Waals surface area (Å²) < 4.78 is 54.8. The standard InChI is InChI=1S/C31H31F3N4O4S/c1-20(31(40,17-38-19-35-18-37-38)27-11-10-25(33)13-28(27)34)43-26-15-41-29(42-16-26)12-21-2-6-23(7-3-21)30(39)36-14-22-4-8-24(32)9-5-22/h2-11,13,18-20,26,29,40H,12,14-17H2,1H3,(H,36,39)/t20-,26?,29?,31-/m1/s1. The van der Waals surface area contributed by atoms with Gasteiger partial charge in [-0.05, 0) is 41.5 Å². The third-order valence-electron chi connectivity index (χ3n) is 7.26. The van der Waals surface area contributed by atoms with Crippen LogP contribution in [0.1, 0.15) is 34.0 Å². The van der Waals surface area contributed by atoms with Crippen molar-refractivity contribution in [3.8, 4) is 0 Å². The molecule has 0 radical (unpaired) electrons. The van der Waals surface area contributed by atoms with Crippen LogP contribution < -0.4 is 5.32 Å². The van der Waals surface area contributed by atoms with Crippen LogP contribution in [-0.4, -0.2) is 55.8 Å². The van der Waals surface area contributed by atoms with Crippen molar-refractivity contribution in [2.45, 2.75) is 48.8 Å². The Labute approximate surface area is 251 Å². The summed E-state index contributed by atoms with van der Waals surface area (Å²) in [6.07, 6.45) is 2.73. The molecule has 1 fully saturated rings. The smallest absolute Gasteiger partial charge is 0.251 e. The molecule has 4 aromatic rings. The second-order valence-corrected chi connectivity index (χ2v) is 12.0. The molecular formula is C31H31F3N4O4S. The van der Waals surface area contributed by atoms with Gasteiger partial charge in [-0.2, -0.15) is 5.10 Å². The predicted molar refractivity (Wildman–Crippen MR) is 155 cm³/mol. The average molecular weight is 613 g/mol. The average Bonchev–Trinajstić information content (AvgIpc) is 3.51. The van der Waals surface area contributed by atoms with Crippen molar-refractivity contribution in [1.29, 1.82) is 0 Å². The molecule has 1 saturated heterocycles. The lowest BCUT2D eigenvalue weighted by Crippen LogP contribution is -2.44. The van der Waals surface area contributed by atoms with Crippen LogP contribution in [0.25, 0.3) is 0 Å². The second kappa shape index (κ2) is 13.7. The minimum absolute atomic E-state index is 0.0347. The van der Waals surface area contributed by atoms with Crippen LogP contribution in [0.4, 0.5) is 13.2 Å². The van der Waals surface area contributed by atoms with Crippen molar-refractivity contribution in [2.24, 2.45) is 0 Å². The van der Waals surface area contributed by atoms with Gasteiger partial charge in [0.2, 0.25) is 0 Å². The molecule has 226 valence electrons. The highest BCUT2D eigenvalue weighted by molar-refractivity contribution is 8.00. The van der Waals surface area contributed by atoms with Gasteiger partial charge >= 0.3 is 0 Å². The number of aromatic nitrogens is 3. The van der Waals surface area contributed by atoms with Crippen molar-refractivity contribution in [2.75, 3.05) is 13.2 Å². The number of carbonyl (C=O) groups is 1. The number of nitrogens with zero attached hydrogens (tertiary/aromatic N) is 3. The number of amides is 1. The quantitative estimate of drug-likeness (QED) is 0.255. The summed E-state index contributed by atoms with van der Waals surface area (Å²) in [5.41, 5.74) is 0.463. The number of hydrogen-bond acceptors (Lipinski definition) is 7. The number of halogens is 3. The van der Waals surface area contributed by atoms with Crippen LogP contribution in [0.3, 0.4) is 0 Å². The lowest BCUT2D eigenvalue weighted by molar-refractivity contribution is -0.173. The number of ether oxygens (including phenoxy) is 2. The van der Waals surface area contributed by atoms with Crippen molar-refractivity contribution in [3.05, 3.63) is 119 Å². The lowest BCUT2D eigenvalue weighted by atomic mass is 9.90. The van der Waals surface area contributed by atoms with E-state index in [1.165, 1.54) is 47.3 Å². The Balaban J connectivity index is 1.13. The number of carbonyl (C=O) groups excluding carboxylic acids is 1. The van der Waals surface area contributed by atoms with E-state index in [4.69, 9.17) is 9.47 Å². The zero-order valence-corrected chi connectivity index (χ0v) is 24.1. The summed E-state index contributed by atoms with van der Waals surface area (Å²) in [7, 11) is 0. The summed E-state index contributed by atoms with van der Waals surface area (Å²) in [4.78, 5) is 16.4. The molecule has 1 aliphatic heterocycles. The van der Waals surface area contributed by atoms with Crippen molar-refractivity contribution < 1.29 is 32.5 Å². The van der Waals surface area contributed by atoms with Crippen LogP contribution in [0.5, 0.6) is 0 Å². The molecule has 2 heterocycles. The zero-order chi connectivity index (χ0) is 30.4. The third-order valence-corrected chi connectivity index (χ3v) is 8.71. The van der Waals surface area contributed by atoms with Gasteiger partial charge in [-0.3, -0.25) is 4.79 Å². The van der Waals surface area contributed by atoms with Gasteiger partial charge in [-0.1, -0.05) is 37.3 Å². The molecule has 12 heteroatoms. The van der Waals surface area contributed by atoms with Crippen molar-refractivity contribution in [1.82, 2.24) is 20.1 Å². The van der Waals surface area contributed by atoms with Crippen LogP contribution in [0.15, 0.2) is 79.4 Å². The Morgan fingerprint density at radius 3 is 2.37 bits per heavy atom. The summed E-state index contributed by atoms with van der Waals surface area (Å²) in [5, 5.41) is 17.9. The van der Waals surface area contributed by atoms with Crippen LogP contribution in [0.2, 0.25) is 0 Å². The number of aliphatic hydroxyl groups is 1. The molecule has 0 bridgehead atoms. The minimum atomic E-state index is -1.72. The van der Waals surface area contributed by atoms with Gasteiger partial charge in [0.1, 0.15) is 35.7 Å². The molecule has 5 rings (SSSR count). The SMILES string of the molecule is C[C@@H](SC1COC(Cc2ccc(C(=O)NCc3ccc(F)cc3)cc2)OC1)[C@](O)(Cn1cncn1)c1ccc(F)cc1F. The first-order chi connectivity index (χ1) is 20.7. The van der Waals surface area contributed by atoms with Crippen LogP contribution in [-0.2, 0) is 34.6 Å². The molecule has 8 nitrogen and oxygen atoms in total. The van der Waals surface area contributed by atoms with E-state index in [-0.39, 0.29) is 29.1 Å². The lowest BCUT2D eigenvalue weighted by Gasteiger charge is -2.37. The molecule has 1 aromatic heterocycles. The molecule has 3 aromatic carbocycles. The van der Waals surface area contributed by atoms with Crippen molar-refractivity contribution in [3.63, 3.8) is 0 Å². The summed E-state index contributed by atoms with van der Waals surface area (Å²) in [5.74, 6) is -2.14. The molecule has 43 heavy (non-hydrogen) atoms. The van der Waals surface area contributed by atoms with Gasteiger partial charge in [0.25, 0.3) is 5.91 Å². The maximum absolute atomic E-state index is 14.8. The monoisotopic (exact) mass is 612 g/mol. The van der Waals surface area contributed by atoms with E-state index in [2.05, 4.69) is 15.4 Å². The largest absolute Gasteiger partial charge is 0.382 e. The maximum atomic E-state index is 14.8. The molecule has 0 saturated carbocycles. The van der Waals surface area contributed by atoms with E-state index in [1.54, 1.807) is 31.2 Å². The first kappa shape index (κ1) is 30.7. The predicted octanol–water partition coefficient (Wildman–Crippen LogP) is 4.62. The summed E-state index contributed by atoms with van der Waals surface area (Å²) in [6, 6.07) is 16.2. The minimum Gasteiger partial charge on any atom is -0.382 e. The van der Waals surface area contributed by atoms with E-state index in [0.717, 1.165) is 23.3 Å². The van der Waals surface area contributed by atoms with E-state index in [1.807, 2.05) is 12.1 Å². The zero-order valence-electron chi connectivity index (χ0n) is 23.3. The third kappa shape index (κ3) is 7.82. The maximum Gasteiger partial charge on any atom is 0.251 e. The number of hydrogen-bond donors (Lipinski definition) is 2. The first-order valence-electron chi connectivity index (χ1n) is 13.7. The van der Waals surface area contributed by atoms with E-state index in [0.29, 0.717) is 31.7 Å². The van der Waals surface area contributed by atoms with Crippen LogP contribution >= 0.6 is 11.8 Å². The fraction of sp³-hybridized carbons (Fsp3) is 0.323. The molecular weight excluding hydrogens is 581 g/mol. The van der Waals surface area contributed by atoms with Gasteiger partial charge in [-0.25, -0.2) is 22.8 Å². The number of benzene rings is 3. The normalized spacial score (nSPS) is 19.0. The fourth-order valence-corrected chi connectivity index (χ4v) is 6.15. The van der Waals surface area contributed by atoms with Gasteiger partial charge in [0.05, 0.1) is 25.0 Å². The van der Waals surface area contributed by atoms with Crippen LogP contribution in [0, 0.1) is 17.5 Å². The Bertz CT molecular complexity index is 1500. The molecule has 0 spiro atoms. The van der Waals surface area contributed by atoms with Gasteiger partial charge in [-0.15, -0.1) is 11.8 Å². The van der Waals surface area contributed by atoms with E-state index >= 15 is 0 Å². The number of nitrogens with one attached hydrogen (secondary N) is 1. The second-order valence-electron chi connectivity index (χ2n) is 10.3. The Hall–Kier alpha value is -3.71. The molecule has 1 aliphatic rings. The van der Waals surface area contributed by atoms with E-state index < -0.39 is 28.8 Å². The Morgan fingerprint density at radius 1 is 1.05 bits per heavy atom. The molecule has 1 amide bonds. The summed E-state index contributed by atoms with van der Waals surface area (Å²) in [6.45, 7) is 2.66. The number of rotatable bonds is 11. The Kier molecular flexibility index (Phi) is 9.81. The van der Waals surface area contributed by atoms with Crippen molar-refractivity contribution >= 4 is 17.7 Å². The Morgan fingerprint density at radius 2 is 1.72 bits per heavy atom. The molecule has 0 unspecified atom stereocenters. The van der Waals surface area contributed by atoms with Gasteiger partial charge in [0.15, 0.2) is 6.29 Å². The molecule has 2 N–H and O–H groups in total. The van der Waals surface area contributed by atoms with E-state index in [9.17, 15) is 23.1 Å². The topological polar surface area (TPSA) is 98.5 Å². The highest BCUT2D eigenvalue weighted by Gasteiger charge is 2.41. The molecule has 0 aliphatic carbocycles. The van der Waals surface area contributed by atoms with Gasteiger partial charge < -0.3 is 19.9 Å². The number of thioether (sulfide) groups is 1. The summed E-state index contributed by atoms with van der Waals surface area (Å²) >= 11 is 1.39. The highest BCUT2D eigenvalue weighted by Crippen LogP contribution is 2.38.